The standard InChI is InChI=1S/C52H42N2Si2/c1-55(2)49-20-12-9-17-42(49)44-29-26-39(33-51(44)55)53(37-24-22-36(23-25-37)35-14-6-5-7-15-35)38-28-31-48-46(32-38)41-16-8-11-19-47(41)54(48)40-27-30-45-43-18-10-13-21-50(43)56(3,4)52(45)34-40/h5-34H,1-4H3. The van der Waals surface area contributed by atoms with Gasteiger partial charge in [-0.3, -0.25) is 0 Å². The summed E-state index contributed by atoms with van der Waals surface area (Å²) in [5.74, 6) is 0. The van der Waals surface area contributed by atoms with Gasteiger partial charge in [0.05, 0.1) is 11.0 Å². The van der Waals surface area contributed by atoms with Gasteiger partial charge < -0.3 is 9.47 Å². The fourth-order valence-electron chi connectivity index (χ4n) is 9.92. The highest BCUT2D eigenvalue weighted by atomic mass is 28.3. The van der Waals surface area contributed by atoms with Crippen molar-refractivity contribution >= 4 is 75.8 Å². The van der Waals surface area contributed by atoms with E-state index in [4.69, 9.17) is 0 Å². The number of hydrogen-bond donors (Lipinski definition) is 0. The van der Waals surface area contributed by atoms with Crippen LogP contribution in [-0.2, 0) is 0 Å². The summed E-state index contributed by atoms with van der Waals surface area (Å²) in [5.41, 5.74) is 15.2. The maximum Gasteiger partial charge on any atom is 0.113 e. The van der Waals surface area contributed by atoms with Crippen LogP contribution in [0.2, 0.25) is 26.2 Å². The third-order valence-electron chi connectivity index (χ3n) is 12.8. The Morgan fingerprint density at radius 2 is 0.857 bits per heavy atom. The van der Waals surface area contributed by atoms with Gasteiger partial charge in [-0.05, 0) is 115 Å². The van der Waals surface area contributed by atoms with Gasteiger partial charge in [0.25, 0.3) is 0 Å². The molecule has 2 nitrogen and oxygen atoms in total. The van der Waals surface area contributed by atoms with Crippen LogP contribution in [0.4, 0.5) is 17.1 Å². The first-order valence-electron chi connectivity index (χ1n) is 19.8. The van der Waals surface area contributed by atoms with Crippen molar-refractivity contribution in [1.29, 1.82) is 0 Å². The van der Waals surface area contributed by atoms with Crippen molar-refractivity contribution in [3.63, 3.8) is 0 Å². The molecule has 0 unspecified atom stereocenters. The van der Waals surface area contributed by atoms with Crippen molar-refractivity contribution in [2.24, 2.45) is 0 Å². The van der Waals surface area contributed by atoms with E-state index in [0.717, 1.165) is 11.4 Å². The molecule has 0 saturated carbocycles. The third kappa shape index (κ3) is 4.79. The predicted molar refractivity (Wildman–Crippen MR) is 245 cm³/mol. The Labute approximate surface area is 331 Å². The molecule has 1 aromatic heterocycles. The summed E-state index contributed by atoms with van der Waals surface area (Å²) >= 11 is 0. The maximum atomic E-state index is 2.50. The maximum absolute atomic E-state index is 2.50. The van der Waals surface area contributed by atoms with Gasteiger partial charge in [0.15, 0.2) is 0 Å². The molecule has 8 aromatic carbocycles. The van der Waals surface area contributed by atoms with Crippen molar-refractivity contribution in [3.8, 4) is 39.1 Å². The Hall–Kier alpha value is -6.21. The van der Waals surface area contributed by atoms with E-state index in [2.05, 4.69) is 218 Å². The average Bonchev–Trinajstić information content (AvgIpc) is 3.78. The number of aromatic nitrogens is 1. The SMILES string of the molecule is C[Si]1(C)c2ccccc2-c2ccc(N(c3ccc(-c4ccccc4)cc3)c3ccc4c(c3)c3ccccc3n4-c3ccc4c(c3)[Si](C)(C)c3ccccc3-4)cc21. The molecule has 2 aliphatic rings. The predicted octanol–water partition coefficient (Wildman–Crippen LogP) is 11.5. The van der Waals surface area contributed by atoms with E-state index in [0.29, 0.717) is 0 Å². The molecular formula is C52H42N2Si2. The highest BCUT2D eigenvalue weighted by molar-refractivity contribution is 7.04. The molecule has 0 N–H and O–H groups in total. The summed E-state index contributed by atoms with van der Waals surface area (Å²) in [5, 5.41) is 8.62. The van der Waals surface area contributed by atoms with Crippen LogP contribution in [-0.4, -0.2) is 20.7 Å². The van der Waals surface area contributed by atoms with E-state index in [-0.39, 0.29) is 0 Å². The molecule has 268 valence electrons. The average molecular weight is 751 g/mol. The first-order chi connectivity index (χ1) is 27.3. The second-order valence-corrected chi connectivity index (χ2v) is 25.3. The molecule has 0 atom stereocenters. The zero-order chi connectivity index (χ0) is 37.8. The second kappa shape index (κ2) is 12.1. The number of benzene rings is 8. The van der Waals surface area contributed by atoms with Gasteiger partial charge in [-0.1, -0.05) is 148 Å². The molecule has 56 heavy (non-hydrogen) atoms. The summed E-state index contributed by atoms with van der Waals surface area (Å²) in [6.45, 7) is 10.0. The minimum Gasteiger partial charge on any atom is -0.310 e. The monoisotopic (exact) mass is 750 g/mol. The minimum atomic E-state index is -1.89. The van der Waals surface area contributed by atoms with Crippen LogP contribution in [0, 0.1) is 0 Å². The topological polar surface area (TPSA) is 8.17 Å². The van der Waals surface area contributed by atoms with Gasteiger partial charge in [0, 0.05) is 33.5 Å². The van der Waals surface area contributed by atoms with Gasteiger partial charge in [0.2, 0.25) is 0 Å². The second-order valence-electron chi connectivity index (χ2n) is 16.6. The normalized spacial score (nSPS) is 14.4. The fraction of sp³-hybridized carbons (Fsp3) is 0.0769. The van der Waals surface area contributed by atoms with E-state index in [1.54, 1.807) is 0 Å². The lowest BCUT2D eigenvalue weighted by atomic mass is 10.0. The summed E-state index contributed by atoms with van der Waals surface area (Å²) in [7, 11) is -3.73. The molecule has 3 heterocycles. The number of anilines is 3. The number of para-hydroxylation sites is 1. The van der Waals surface area contributed by atoms with Crippen LogP contribution in [0.1, 0.15) is 0 Å². The van der Waals surface area contributed by atoms with Crippen molar-refractivity contribution in [1.82, 2.24) is 4.57 Å². The lowest BCUT2D eigenvalue weighted by Gasteiger charge is -2.28. The van der Waals surface area contributed by atoms with E-state index < -0.39 is 16.1 Å². The molecule has 2 aliphatic heterocycles. The zero-order valence-corrected chi connectivity index (χ0v) is 34.2. The summed E-state index contributed by atoms with van der Waals surface area (Å²) in [6, 6.07) is 68.3. The molecular weight excluding hydrogens is 709 g/mol. The molecule has 4 heteroatoms. The van der Waals surface area contributed by atoms with E-state index in [1.165, 1.54) is 87.3 Å². The molecule has 9 aromatic rings. The van der Waals surface area contributed by atoms with E-state index in [1.807, 2.05) is 0 Å². The molecule has 11 rings (SSSR count). The van der Waals surface area contributed by atoms with Crippen molar-refractivity contribution < 1.29 is 0 Å². The summed E-state index contributed by atoms with van der Waals surface area (Å²) in [4.78, 5) is 2.47. The van der Waals surface area contributed by atoms with Crippen LogP contribution in [0.5, 0.6) is 0 Å². The molecule has 0 amide bonds. The van der Waals surface area contributed by atoms with Gasteiger partial charge in [-0.2, -0.15) is 0 Å². The van der Waals surface area contributed by atoms with Gasteiger partial charge in [-0.25, -0.2) is 0 Å². The summed E-state index contributed by atoms with van der Waals surface area (Å²) in [6.07, 6.45) is 0. The molecule has 0 saturated heterocycles. The number of nitrogens with zero attached hydrogens (tertiary/aromatic N) is 2. The fourth-order valence-corrected chi connectivity index (χ4v) is 16.1. The minimum absolute atomic E-state index is 1.15. The number of fused-ring (bicyclic) bond motifs is 9. The summed E-state index contributed by atoms with van der Waals surface area (Å²) < 4.78 is 2.49. The highest BCUT2D eigenvalue weighted by Gasteiger charge is 2.39. The number of rotatable bonds is 5. The van der Waals surface area contributed by atoms with E-state index >= 15 is 0 Å². The Bertz CT molecular complexity index is 3030. The quantitative estimate of drug-likeness (QED) is 0.159. The first-order valence-corrected chi connectivity index (χ1v) is 25.8. The zero-order valence-electron chi connectivity index (χ0n) is 32.2. The van der Waals surface area contributed by atoms with Crippen molar-refractivity contribution in [2.75, 3.05) is 4.90 Å². The lowest BCUT2D eigenvalue weighted by Crippen LogP contribution is -2.49. The first kappa shape index (κ1) is 33.2. The van der Waals surface area contributed by atoms with Gasteiger partial charge >= 0.3 is 0 Å². The number of hydrogen-bond acceptors (Lipinski definition) is 1. The Morgan fingerprint density at radius 1 is 0.357 bits per heavy atom. The van der Waals surface area contributed by atoms with Crippen LogP contribution < -0.4 is 25.6 Å². The molecule has 0 spiro atoms. The van der Waals surface area contributed by atoms with Crippen LogP contribution >= 0.6 is 0 Å². The Kier molecular flexibility index (Phi) is 7.19. The molecule has 0 bridgehead atoms. The van der Waals surface area contributed by atoms with Crippen molar-refractivity contribution in [3.05, 3.63) is 182 Å². The smallest absolute Gasteiger partial charge is 0.113 e. The van der Waals surface area contributed by atoms with Gasteiger partial charge in [-0.15, -0.1) is 0 Å². The third-order valence-corrected chi connectivity index (χ3v) is 19.9. The van der Waals surface area contributed by atoms with Crippen molar-refractivity contribution in [2.45, 2.75) is 26.2 Å². The Balaban J connectivity index is 1.09. The molecule has 0 aliphatic carbocycles. The molecule has 0 radical (unpaired) electrons. The van der Waals surface area contributed by atoms with Crippen LogP contribution in [0.25, 0.3) is 60.9 Å². The van der Waals surface area contributed by atoms with Crippen LogP contribution in [0.3, 0.4) is 0 Å². The van der Waals surface area contributed by atoms with Crippen LogP contribution in [0.15, 0.2) is 182 Å². The van der Waals surface area contributed by atoms with E-state index in [9.17, 15) is 0 Å². The highest BCUT2D eigenvalue weighted by Crippen LogP contribution is 2.42. The Morgan fingerprint density at radius 3 is 1.57 bits per heavy atom. The van der Waals surface area contributed by atoms with Gasteiger partial charge in [0.1, 0.15) is 16.1 Å². The lowest BCUT2D eigenvalue weighted by molar-refractivity contribution is 1.18. The largest absolute Gasteiger partial charge is 0.310 e. The molecule has 0 fully saturated rings.